The zero-order chi connectivity index (χ0) is 44.9. The van der Waals surface area contributed by atoms with Crippen molar-refractivity contribution in [3.8, 4) is 0 Å². The quantitative estimate of drug-likeness (QED) is 0.0346. The Morgan fingerprint density at radius 1 is 0.371 bits per heavy atom. The second kappa shape index (κ2) is 52.7. The predicted octanol–water partition coefficient (Wildman–Crippen LogP) is 17.9. The minimum Gasteiger partial charge on any atom is -0.462 e. The molecule has 0 aromatic heterocycles. The molecule has 0 aromatic carbocycles. The lowest BCUT2D eigenvalue weighted by atomic mass is 10.0. The molecule has 0 amide bonds. The fraction of sp³-hybridized carbons (Fsp3) is 0.754. The summed E-state index contributed by atoms with van der Waals surface area (Å²) >= 11 is 0. The van der Waals surface area contributed by atoms with Gasteiger partial charge in [-0.15, -0.1) is 0 Å². The monoisotopic (exact) mass is 865 g/mol. The molecule has 0 aliphatic heterocycles. The van der Waals surface area contributed by atoms with Gasteiger partial charge in [0.2, 0.25) is 0 Å². The van der Waals surface area contributed by atoms with Crippen LogP contribution in [0.5, 0.6) is 0 Å². The largest absolute Gasteiger partial charge is 0.462 e. The van der Waals surface area contributed by atoms with Crippen LogP contribution in [0.4, 0.5) is 0 Å². The number of allylic oxidation sites excluding steroid dienone is 12. The van der Waals surface area contributed by atoms with E-state index in [0.717, 1.165) is 89.9 Å². The van der Waals surface area contributed by atoms with Crippen LogP contribution in [0, 0.1) is 0 Å². The van der Waals surface area contributed by atoms with Crippen LogP contribution in [0.25, 0.3) is 0 Å². The Balaban J connectivity index is 4.28. The minimum absolute atomic E-state index is 0.0733. The molecule has 0 aliphatic carbocycles. The Morgan fingerprint density at radius 3 is 1.16 bits per heavy atom. The van der Waals surface area contributed by atoms with E-state index in [1.54, 1.807) is 0 Å². The number of carbonyl (C=O) groups excluding carboxylic acids is 2. The summed E-state index contributed by atoms with van der Waals surface area (Å²) in [5.41, 5.74) is 0. The van der Waals surface area contributed by atoms with Crippen LogP contribution in [0.2, 0.25) is 0 Å². The normalized spacial score (nSPS) is 12.8. The van der Waals surface area contributed by atoms with Crippen molar-refractivity contribution in [2.45, 2.75) is 258 Å². The van der Waals surface area contributed by atoms with Crippen LogP contribution in [0.15, 0.2) is 72.9 Å². The third-order valence-corrected chi connectivity index (χ3v) is 11.2. The number of ether oxygens (including phenoxy) is 3. The van der Waals surface area contributed by atoms with E-state index in [9.17, 15) is 9.59 Å². The molecular formula is C57H100O5. The molecule has 0 fully saturated rings. The van der Waals surface area contributed by atoms with Crippen LogP contribution in [-0.4, -0.2) is 37.9 Å². The summed E-state index contributed by atoms with van der Waals surface area (Å²) in [7, 11) is 0. The van der Waals surface area contributed by atoms with Crippen LogP contribution < -0.4 is 0 Å². The average Bonchev–Trinajstić information content (AvgIpc) is 3.27. The third-order valence-electron chi connectivity index (χ3n) is 11.2. The molecule has 0 saturated carbocycles. The molecule has 5 heteroatoms. The Hall–Kier alpha value is -2.66. The molecule has 0 rings (SSSR count). The fourth-order valence-electron chi connectivity index (χ4n) is 7.36. The fourth-order valence-corrected chi connectivity index (χ4v) is 7.36. The van der Waals surface area contributed by atoms with Crippen molar-refractivity contribution in [1.29, 1.82) is 0 Å². The van der Waals surface area contributed by atoms with Gasteiger partial charge in [0.15, 0.2) is 6.10 Å². The van der Waals surface area contributed by atoms with Gasteiger partial charge in [-0.3, -0.25) is 9.59 Å². The highest BCUT2D eigenvalue weighted by Gasteiger charge is 2.17. The van der Waals surface area contributed by atoms with Crippen LogP contribution in [-0.2, 0) is 23.8 Å². The molecule has 0 N–H and O–H groups in total. The van der Waals surface area contributed by atoms with Crippen molar-refractivity contribution in [3.63, 3.8) is 0 Å². The average molecular weight is 865 g/mol. The van der Waals surface area contributed by atoms with E-state index in [1.807, 2.05) is 0 Å². The summed E-state index contributed by atoms with van der Waals surface area (Å²) in [6.07, 6.45) is 67.7. The second-order valence-electron chi connectivity index (χ2n) is 17.4. The van der Waals surface area contributed by atoms with Crippen molar-refractivity contribution in [1.82, 2.24) is 0 Å². The van der Waals surface area contributed by atoms with Gasteiger partial charge in [-0.25, -0.2) is 0 Å². The Bertz CT molecular complexity index is 1110. The van der Waals surface area contributed by atoms with Crippen LogP contribution in [0.3, 0.4) is 0 Å². The molecule has 0 spiro atoms. The molecule has 0 saturated heterocycles. The van der Waals surface area contributed by atoms with Gasteiger partial charge in [-0.1, -0.05) is 229 Å². The van der Waals surface area contributed by atoms with Gasteiger partial charge in [-0.2, -0.15) is 0 Å². The number of rotatable bonds is 48. The highest BCUT2D eigenvalue weighted by molar-refractivity contribution is 5.70. The Morgan fingerprint density at radius 2 is 0.726 bits per heavy atom. The van der Waals surface area contributed by atoms with Gasteiger partial charge < -0.3 is 14.2 Å². The van der Waals surface area contributed by atoms with E-state index in [0.29, 0.717) is 19.4 Å². The Labute approximate surface area is 385 Å². The summed E-state index contributed by atoms with van der Waals surface area (Å²) in [4.78, 5) is 25.4. The summed E-state index contributed by atoms with van der Waals surface area (Å²) in [6, 6.07) is 0. The van der Waals surface area contributed by atoms with Gasteiger partial charge in [-0.05, 0) is 83.5 Å². The van der Waals surface area contributed by atoms with Gasteiger partial charge in [0.1, 0.15) is 6.61 Å². The predicted molar refractivity (Wildman–Crippen MR) is 270 cm³/mol. The molecule has 0 heterocycles. The van der Waals surface area contributed by atoms with E-state index in [2.05, 4.69) is 93.7 Å². The zero-order valence-corrected chi connectivity index (χ0v) is 41.1. The Kier molecular flexibility index (Phi) is 50.4. The van der Waals surface area contributed by atoms with Crippen molar-refractivity contribution < 1.29 is 23.8 Å². The maximum atomic E-state index is 12.8. The molecular weight excluding hydrogens is 765 g/mol. The maximum absolute atomic E-state index is 12.8. The van der Waals surface area contributed by atoms with E-state index < -0.39 is 6.10 Å². The lowest BCUT2D eigenvalue weighted by Crippen LogP contribution is -2.30. The molecule has 358 valence electrons. The van der Waals surface area contributed by atoms with Crippen molar-refractivity contribution in [3.05, 3.63) is 72.9 Å². The number of esters is 2. The summed E-state index contributed by atoms with van der Waals surface area (Å²) in [5, 5.41) is 0. The molecule has 0 aromatic rings. The molecule has 1 atom stereocenters. The van der Waals surface area contributed by atoms with Crippen LogP contribution >= 0.6 is 0 Å². The molecule has 1 unspecified atom stereocenters. The number of hydrogen-bond donors (Lipinski definition) is 0. The van der Waals surface area contributed by atoms with Crippen molar-refractivity contribution in [2.24, 2.45) is 0 Å². The molecule has 62 heavy (non-hydrogen) atoms. The SMILES string of the molecule is CC/C=C\C/C=C\C/C=C\CCCCCCCCCCOCC(COC(=O)CCCCCCC/C=C\C/C=C\C/C=C\CC)OC(=O)CCCCCCCCCCCCCCC. The van der Waals surface area contributed by atoms with E-state index >= 15 is 0 Å². The van der Waals surface area contributed by atoms with E-state index in [4.69, 9.17) is 14.2 Å². The zero-order valence-electron chi connectivity index (χ0n) is 41.1. The first kappa shape index (κ1) is 59.3. The van der Waals surface area contributed by atoms with Gasteiger partial charge in [0.25, 0.3) is 0 Å². The molecule has 0 radical (unpaired) electrons. The van der Waals surface area contributed by atoms with Crippen molar-refractivity contribution in [2.75, 3.05) is 19.8 Å². The smallest absolute Gasteiger partial charge is 0.306 e. The standard InChI is InChI=1S/C57H100O5/c1-4-7-10-13-16-19-22-25-27-28-29-31-34-37-40-43-46-49-52-60-53-55(62-57(59)51-48-45-42-39-36-32-24-21-18-15-12-9-6-3)54-61-56(58)50-47-44-41-38-35-33-30-26-23-20-17-14-11-8-5-2/h7-8,10-11,16-17,19-20,25-27,30,55H,4-6,9,12-15,18,21-24,28-29,31-54H2,1-3H3/b10-7-,11-8-,19-16-,20-17-,27-25-,30-26-. The van der Waals surface area contributed by atoms with Gasteiger partial charge in [0.05, 0.1) is 6.61 Å². The third kappa shape index (κ3) is 50.0. The molecule has 0 aliphatic rings. The van der Waals surface area contributed by atoms with E-state index in [1.165, 1.54) is 128 Å². The van der Waals surface area contributed by atoms with Gasteiger partial charge >= 0.3 is 11.9 Å². The maximum Gasteiger partial charge on any atom is 0.306 e. The molecule has 5 nitrogen and oxygen atoms in total. The molecule has 0 bridgehead atoms. The van der Waals surface area contributed by atoms with E-state index in [-0.39, 0.29) is 25.2 Å². The summed E-state index contributed by atoms with van der Waals surface area (Å²) in [6.45, 7) is 7.59. The lowest BCUT2D eigenvalue weighted by molar-refractivity contribution is -0.163. The number of unbranched alkanes of at least 4 members (excludes halogenated alkanes) is 25. The van der Waals surface area contributed by atoms with Crippen LogP contribution in [0.1, 0.15) is 252 Å². The lowest BCUT2D eigenvalue weighted by Gasteiger charge is -2.18. The highest BCUT2D eigenvalue weighted by atomic mass is 16.6. The number of hydrogen-bond acceptors (Lipinski definition) is 5. The first-order valence-corrected chi connectivity index (χ1v) is 26.5. The summed E-state index contributed by atoms with van der Waals surface area (Å²) < 4.78 is 17.4. The summed E-state index contributed by atoms with van der Waals surface area (Å²) in [5.74, 6) is -0.415. The highest BCUT2D eigenvalue weighted by Crippen LogP contribution is 2.15. The van der Waals surface area contributed by atoms with Gasteiger partial charge in [0, 0.05) is 19.4 Å². The minimum atomic E-state index is -0.547. The first-order valence-electron chi connectivity index (χ1n) is 26.5. The first-order chi connectivity index (χ1) is 30.6. The van der Waals surface area contributed by atoms with Crippen molar-refractivity contribution >= 4 is 11.9 Å². The second-order valence-corrected chi connectivity index (χ2v) is 17.4. The topological polar surface area (TPSA) is 61.8 Å². The number of carbonyl (C=O) groups is 2.